The van der Waals surface area contributed by atoms with Crippen molar-refractivity contribution in [2.45, 2.75) is 44.6 Å². The topological polar surface area (TPSA) is 49.4 Å². The highest BCUT2D eigenvalue weighted by Crippen LogP contribution is 2.29. The van der Waals surface area contributed by atoms with Gasteiger partial charge in [0.25, 0.3) is 0 Å². The van der Waals surface area contributed by atoms with Gasteiger partial charge in [0.1, 0.15) is 0 Å². The average molecular weight is 412 g/mol. The number of rotatable bonds is 3. The number of hydrogen-bond donors (Lipinski definition) is 1. The van der Waals surface area contributed by atoms with E-state index in [1.807, 2.05) is 29.2 Å². The first-order chi connectivity index (χ1) is 10.6. The Hall–Kier alpha value is -1.11. The molecule has 4 nitrogen and oxygen atoms in total. The van der Waals surface area contributed by atoms with Crippen LogP contribution in [0, 0.1) is 9.49 Å². The van der Waals surface area contributed by atoms with Gasteiger partial charge >= 0.3 is 0 Å². The molecule has 0 radical (unpaired) electrons. The SMILES string of the molecule is O=C(Nc1ccc(I)cc1)[C@H]1CC(=O)N(C2CCCCC2)C1. The molecule has 0 spiro atoms. The fraction of sp³-hybridized carbons (Fsp3) is 0.529. The first-order valence-electron chi connectivity index (χ1n) is 7.99. The van der Waals surface area contributed by atoms with Crippen molar-refractivity contribution in [3.05, 3.63) is 27.8 Å². The maximum absolute atomic E-state index is 12.4. The Morgan fingerprint density at radius 1 is 1.14 bits per heavy atom. The van der Waals surface area contributed by atoms with E-state index < -0.39 is 0 Å². The molecule has 0 aromatic heterocycles. The summed E-state index contributed by atoms with van der Waals surface area (Å²) in [5.41, 5.74) is 0.800. The van der Waals surface area contributed by atoms with Gasteiger partial charge < -0.3 is 10.2 Å². The molecule has 1 aliphatic carbocycles. The van der Waals surface area contributed by atoms with Crippen molar-refractivity contribution in [2.75, 3.05) is 11.9 Å². The van der Waals surface area contributed by atoms with E-state index >= 15 is 0 Å². The summed E-state index contributed by atoms with van der Waals surface area (Å²) in [6, 6.07) is 8.08. The number of carbonyl (C=O) groups is 2. The minimum atomic E-state index is -0.214. The molecule has 5 heteroatoms. The summed E-state index contributed by atoms with van der Waals surface area (Å²) >= 11 is 2.23. The quantitative estimate of drug-likeness (QED) is 0.774. The summed E-state index contributed by atoms with van der Waals surface area (Å²) in [5.74, 6) is -0.101. The zero-order chi connectivity index (χ0) is 15.5. The van der Waals surface area contributed by atoms with E-state index in [1.165, 1.54) is 19.3 Å². The Balaban J connectivity index is 1.59. The van der Waals surface area contributed by atoms with Crippen molar-refractivity contribution >= 4 is 40.1 Å². The summed E-state index contributed by atoms with van der Waals surface area (Å²) in [5, 5.41) is 2.93. The monoisotopic (exact) mass is 412 g/mol. The predicted octanol–water partition coefficient (Wildman–Crippen LogP) is 3.41. The van der Waals surface area contributed by atoms with Crippen LogP contribution in [0.25, 0.3) is 0 Å². The predicted molar refractivity (Wildman–Crippen MR) is 94.5 cm³/mol. The Morgan fingerprint density at radius 3 is 2.50 bits per heavy atom. The second-order valence-electron chi connectivity index (χ2n) is 6.24. The molecule has 118 valence electrons. The van der Waals surface area contributed by atoms with Gasteiger partial charge in [0.2, 0.25) is 11.8 Å². The molecule has 2 fully saturated rings. The second kappa shape index (κ2) is 6.98. The number of nitrogens with zero attached hydrogens (tertiary/aromatic N) is 1. The van der Waals surface area contributed by atoms with Crippen LogP contribution >= 0.6 is 22.6 Å². The van der Waals surface area contributed by atoms with Crippen molar-refractivity contribution in [1.29, 1.82) is 0 Å². The number of nitrogens with one attached hydrogen (secondary N) is 1. The largest absolute Gasteiger partial charge is 0.339 e. The lowest BCUT2D eigenvalue weighted by atomic mass is 9.94. The lowest BCUT2D eigenvalue weighted by Gasteiger charge is -2.31. The highest BCUT2D eigenvalue weighted by atomic mass is 127. The summed E-state index contributed by atoms with van der Waals surface area (Å²) < 4.78 is 1.13. The number of halogens is 1. The van der Waals surface area contributed by atoms with Crippen LogP contribution < -0.4 is 5.32 Å². The highest BCUT2D eigenvalue weighted by Gasteiger charge is 2.38. The van der Waals surface area contributed by atoms with E-state index in [4.69, 9.17) is 0 Å². The third-order valence-electron chi connectivity index (χ3n) is 4.66. The molecule has 1 saturated carbocycles. The molecule has 1 aliphatic heterocycles. The smallest absolute Gasteiger partial charge is 0.229 e. The van der Waals surface area contributed by atoms with Crippen LogP contribution in [0.5, 0.6) is 0 Å². The molecule has 1 N–H and O–H groups in total. The molecule has 1 saturated heterocycles. The molecular weight excluding hydrogens is 391 g/mol. The molecule has 2 aliphatic rings. The minimum absolute atomic E-state index is 0.0344. The molecule has 3 rings (SSSR count). The zero-order valence-corrected chi connectivity index (χ0v) is 14.7. The summed E-state index contributed by atoms with van der Waals surface area (Å²) in [6.45, 7) is 0.583. The molecule has 0 unspecified atom stereocenters. The molecule has 1 aromatic rings. The normalized spacial score (nSPS) is 22.9. The maximum Gasteiger partial charge on any atom is 0.229 e. The first-order valence-corrected chi connectivity index (χ1v) is 9.07. The van der Waals surface area contributed by atoms with E-state index in [2.05, 4.69) is 27.9 Å². The molecule has 2 amide bonds. The summed E-state index contributed by atoms with van der Waals surface area (Å²) in [6.07, 6.45) is 6.22. The van der Waals surface area contributed by atoms with Crippen molar-refractivity contribution < 1.29 is 9.59 Å². The molecule has 1 heterocycles. The second-order valence-corrected chi connectivity index (χ2v) is 7.48. The Kier molecular flexibility index (Phi) is 5.00. The van der Waals surface area contributed by atoms with Crippen molar-refractivity contribution in [3.8, 4) is 0 Å². The molecule has 1 aromatic carbocycles. The standard InChI is InChI=1S/C17H21IN2O2/c18-13-6-8-14(9-7-13)19-17(22)12-10-16(21)20(11-12)15-4-2-1-3-5-15/h6-9,12,15H,1-5,10-11H2,(H,19,22)/t12-/m0/s1. The van der Waals surface area contributed by atoms with Gasteiger partial charge in [-0.25, -0.2) is 0 Å². The van der Waals surface area contributed by atoms with Crippen LogP contribution in [0.15, 0.2) is 24.3 Å². The van der Waals surface area contributed by atoms with Gasteiger partial charge in [0.15, 0.2) is 0 Å². The van der Waals surface area contributed by atoms with E-state index in [0.717, 1.165) is 22.1 Å². The van der Waals surface area contributed by atoms with E-state index in [0.29, 0.717) is 19.0 Å². The van der Waals surface area contributed by atoms with Gasteiger partial charge in [-0.1, -0.05) is 19.3 Å². The zero-order valence-electron chi connectivity index (χ0n) is 12.6. The number of amides is 2. The lowest BCUT2D eigenvalue weighted by Crippen LogP contribution is -2.38. The highest BCUT2D eigenvalue weighted by molar-refractivity contribution is 14.1. The van der Waals surface area contributed by atoms with E-state index in [-0.39, 0.29) is 17.7 Å². The third kappa shape index (κ3) is 3.62. The summed E-state index contributed by atoms with van der Waals surface area (Å²) in [4.78, 5) is 26.6. The molecule has 0 bridgehead atoms. The lowest BCUT2D eigenvalue weighted by molar-refractivity contribution is -0.130. The van der Waals surface area contributed by atoms with Gasteiger partial charge in [0.05, 0.1) is 5.92 Å². The number of carbonyl (C=O) groups excluding carboxylic acids is 2. The number of likely N-dealkylation sites (tertiary alicyclic amines) is 1. The van der Waals surface area contributed by atoms with Crippen LogP contribution in [-0.4, -0.2) is 29.3 Å². The van der Waals surface area contributed by atoms with Crippen LogP contribution in [0.2, 0.25) is 0 Å². The van der Waals surface area contributed by atoms with Crippen molar-refractivity contribution in [2.24, 2.45) is 5.92 Å². The number of benzene rings is 1. The van der Waals surface area contributed by atoms with Gasteiger partial charge in [-0.2, -0.15) is 0 Å². The first kappa shape index (κ1) is 15.8. The fourth-order valence-corrected chi connectivity index (χ4v) is 3.79. The minimum Gasteiger partial charge on any atom is -0.339 e. The summed E-state index contributed by atoms with van der Waals surface area (Å²) in [7, 11) is 0. The van der Waals surface area contributed by atoms with Crippen LogP contribution in [0.4, 0.5) is 5.69 Å². The number of hydrogen-bond acceptors (Lipinski definition) is 2. The average Bonchev–Trinajstić information content (AvgIpc) is 2.92. The van der Waals surface area contributed by atoms with Crippen LogP contribution in [0.3, 0.4) is 0 Å². The maximum atomic E-state index is 12.4. The van der Waals surface area contributed by atoms with E-state index in [1.54, 1.807) is 0 Å². The third-order valence-corrected chi connectivity index (χ3v) is 5.38. The van der Waals surface area contributed by atoms with Gasteiger partial charge in [-0.15, -0.1) is 0 Å². The number of anilines is 1. The molecular formula is C17H21IN2O2. The van der Waals surface area contributed by atoms with Crippen molar-refractivity contribution in [3.63, 3.8) is 0 Å². The van der Waals surface area contributed by atoms with Crippen LogP contribution in [0.1, 0.15) is 38.5 Å². The van der Waals surface area contributed by atoms with Crippen molar-refractivity contribution in [1.82, 2.24) is 4.90 Å². The molecule has 22 heavy (non-hydrogen) atoms. The van der Waals surface area contributed by atoms with E-state index in [9.17, 15) is 9.59 Å². The van der Waals surface area contributed by atoms with Gasteiger partial charge in [-0.3, -0.25) is 9.59 Å². The van der Waals surface area contributed by atoms with Gasteiger partial charge in [-0.05, 0) is 59.7 Å². The molecule has 1 atom stereocenters. The fourth-order valence-electron chi connectivity index (χ4n) is 3.43. The van der Waals surface area contributed by atoms with Crippen LogP contribution in [-0.2, 0) is 9.59 Å². The van der Waals surface area contributed by atoms with Gasteiger partial charge in [0, 0.05) is 28.3 Å². The Labute approximate surface area is 144 Å². The Morgan fingerprint density at radius 2 is 1.82 bits per heavy atom. The Bertz CT molecular complexity index is 552.